The second-order valence-electron chi connectivity index (χ2n) is 7.78. The van der Waals surface area contributed by atoms with E-state index in [0.29, 0.717) is 31.3 Å². The largest absolute Gasteiger partial charge is 0.492 e. The molecule has 1 aliphatic heterocycles. The van der Waals surface area contributed by atoms with Gasteiger partial charge in [0, 0.05) is 17.5 Å². The van der Waals surface area contributed by atoms with Crippen molar-refractivity contribution in [3.8, 4) is 17.2 Å². The summed E-state index contributed by atoms with van der Waals surface area (Å²) in [5, 5.41) is 8.96. The van der Waals surface area contributed by atoms with E-state index in [-0.39, 0.29) is 17.8 Å². The average Bonchev–Trinajstić information content (AvgIpc) is 3.00. The number of fused-ring (bicyclic) bond motifs is 1. The number of ether oxygens (including phenoxy) is 3. The van der Waals surface area contributed by atoms with Gasteiger partial charge in [0.15, 0.2) is 0 Å². The number of carbonyl (C=O) groups is 1. The normalized spacial score (nSPS) is 15.7. The Morgan fingerprint density at radius 1 is 1.11 bits per heavy atom. The Balaban J connectivity index is 1.51. The molecule has 2 aromatic carbocycles. The highest BCUT2D eigenvalue weighted by atomic mass is 16.5. The van der Waals surface area contributed by atoms with Crippen LogP contribution in [0.25, 0.3) is 0 Å². The number of hydrogen-bond donors (Lipinski definition) is 1. The first-order chi connectivity index (χ1) is 12.8. The van der Waals surface area contributed by atoms with Gasteiger partial charge in [-0.1, -0.05) is 39.0 Å². The molecule has 1 atom stereocenters. The molecule has 1 N–H and O–H groups in total. The molecule has 0 saturated carbocycles. The third-order valence-electron chi connectivity index (χ3n) is 4.61. The SMILES string of the molecule is CC(C)(C)c1cccc(OCCOc2ccc3c(c2)OCC3CC(=O)O)c1. The van der Waals surface area contributed by atoms with Crippen LogP contribution in [-0.4, -0.2) is 30.9 Å². The lowest BCUT2D eigenvalue weighted by atomic mass is 9.87. The molecule has 0 aromatic heterocycles. The first-order valence-electron chi connectivity index (χ1n) is 9.17. The Kier molecular flexibility index (Phi) is 5.59. The summed E-state index contributed by atoms with van der Waals surface area (Å²) >= 11 is 0. The fourth-order valence-corrected chi connectivity index (χ4v) is 3.10. The van der Waals surface area contributed by atoms with Crippen LogP contribution >= 0.6 is 0 Å². The topological polar surface area (TPSA) is 65.0 Å². The van der Waals surface area contributed by atoms with E-state index in [1.54, 1.807) is 0 Å². The molecule has 0 radical (unpaired) electrons. The van der Waals surface area contributed by atoms with E-state index >= 15 is 0 Å². The molecule has 1 aliphatic rings. The Morgan fingerprint density at radius 3 is 2.48 bits per heavy atom. The molecule has 0 saturated heterocycles. The van der Waals surface area contributed by atoms with Gasteiger partial charge in [-0.25, -0.2) is 0 Å². The first kappa shape index (κ1) is 19.1. The lowest BCUT2D eigenvalue weighted by molar-refractivity contribution is -0.137. The molecule has 1 heterocycles. The van der Waals surface area contributed by atoms with Gasteiger partial charge in [0.05, 0.1) is 13.0 Å². The van der Waals surface area contributed by atoms with Crippen molar-refractivity contribution in [3.05, 3.63) is 53.6 Å². The molecule has 0 fully saturated rings. The maximum absolute atomic E-state index is 10.9. The summed E-state index contributed by atoms with van der Waals surface area (Å²) in [7, 11) is 0. The molecule has 2 aromatic rings. The van der Waals surface area contributed by atoms with Crippen molar-refractivity contribution in [2.75, 3.05) is 19.8 Å². The van der Waals surface area contributed by atoms with Crippen LogP contribution in [0.5, 0.6) is 17.2 Å². The van der Waals surface area contributed by atoms with Crippen LogP contribution in [0.2, 0.25) is 0 Å². The molecule has 5 heteroatoms. The lowest BCUT2D eigenvalue weighted by Gasteiger charge is -2.19. The number of rotatable bonds is 7. The average molecular weight is 370 g/mol. The van der Waals surface area contributed by atoms with Crippen LogP contribution < -0.4 is 14.2 Å². The summed E-state index contributed by atoms with van der Waals surface area (Å²) in [6.45, 7) is 7.77. The zero-order valence-electron chi connectivity index (χ0n) is 16.0. The van der Waals surface area contributed by atoms with Gasteiger partial charge in [-0.3, -0.25) is 4.79 Å². The van der Waals surface area contributed by atoms with E-state index in [2.05, 4.69) is 32.9 Å². The van der Waals surface area contributed by atoms with E-state index in [1.807, 2.05) is 30.3 Å². The fourth-order valence-electron chi connectivity index (χ4n) is 3.10. The maximum atomic E-state index is 10.9. The smallest absolute Gasteiger partial charge is 0.304 e. The van der Waals surface area contributed by atoms with Gasteiger partial charge >= 0.3 is 5.97 Å². The fraction of sp³-hybridized carbons (Fsp3) is 0.409. The van der Waals surface area contributed by atoms with E-state index in [9.17, 15) is 4.79 Å². The van der Waals surface area contributed by atoms with Crippen LogP contribution in [0.15, 0.2) is 42.5 Å². The van der Waals surface area contributed by atoms with Crippen molar-refractivity contribution in [2.45, 2.75) is 38.5 Å². The van der Waals surface area contributed by atoms with Crippen LogP contribution in [0.4, 0.5) is 0 Å². The summed E-state index contributed by atoms with van der Waals surface area (Å²) < 4.78 is 17.1. The molecule has 0 amide bonds. The van der Waals surface area contributed by atoms with E-state index < -0.39 is 5.97 Å². The van der Waals surface area contributed by atoms with Crippen LogP contribution in [0.3, 0.4) is 0 Å². The van der Waals surface area contributed by atoms with Gasteiger partial charge in [-0.05, 0) is 29.2 Å². The summed E-state index contributed by atoms with van der Waals surface area (Å²) in [6, 6.07) is 13.7. The highest BCUT2D eigenvalue weighted by Crippen LogP contribution is 2.38. The quantitative estimate of drug-likeness (QED) is 0.732. The molecule has 3 rings (SSSR count). The van der Waals surface area contributed by atoms with Crippen molar-refractivity contribution in [1.29, 1.82) is 0 Å². The number of carboxylic acid groups (broad SMARTS) is 1. The Hall–Kier alpha value is -2.69. The minimum absolute atomic E-state index is 0.0780. The monoisotopic (exact) mass is 370 g/mol. The molecule has 5 nitrogen and oxygen atoms in total. The van der Waals surface area contributed by atoms with Gasteiger partial charge < -0.3 is 19.3 Å². The predicted molar refractivity (Wildman–Crippen MR) is 103 cm³/mol. The number of benzene rings is 2. The third-order valence-corrected chi connectivity index (χ3v) is 4.61. The van der Waals surface area contributed by atoms with Gasteiger partial charge in [-0.15, -0.1) is 0 Å². The Labute approximate surface area is 159 Å². The molecule has 27 heavy (non-hydrogen) atoms. The van der Waals surface area contributed by atoms with Crippen molar-refractivity contribution >= 4 is 5.97 Å². The van der Waals surface area contributed by atoms with Gasteiger partial charge in [0.2, 0.25) is 0 Å². The Morgan fingerprint density at radius 2 is 1.81 bits per heavy atom. The summed E-state index contributed by atoms with van der Waals surface area (Å²) in [4.78, 5) is 10.9. The van der Waals surface area contributed by atoms with E-state index in [1.165, 1.54) is 5.56 Å². The second-order valence-corrected chi connectivity index (χ2v) is 7.78. The molecular weight excluding hydrogens is 344 g/mol. The van der Waals surface area contributed by atoms with E-state index in [4.69, 9.17) is 19.3 Å². The van der Waals surface area contributed by atoms with Crippen molar-refractivity contribution in [2.24, 2.45) is 0 Å². The van der Waals surface area contributed by atoms with Crippen LogP contribution in [0.1, 0.15) is 44.2 Å². The lowest BCUT2D eigenvalue weighted by Crippen LogP contribution is -2.12. The first-order valence-corrected chi connectivity index (χ1v) is 9.17. The highest BCUT2D eigenvalue weighted by Gasteiger charge is 2.26. The molecule has 0 aliphatic carbocycles. The zero-order valence-corrected chi connectivity index (χ0v) is 16.0. The van der Waals surface area contributed by atoms with Crippen molar-refractivity contribution in [1.82, 2.24) is 0 Å². The number of carboxylic acids is 1. The minimum Gasteiger partial charge on any atom is -0.492 e. The molecule has 144 valence electrons. The molecular formula is C22H26O5. The molecule has 1 unspecified atom stereocenters. The van der Waals surface area contributed by atoms with Gasteiger partial charge in [-0.2, -0.15) is 0 Å². The van der Waals surface area contributed by atoms with Gasteiger partial charge in [0.1, 0.15) is 30.5 Å². The second kappa shape index (κ2) is 7.91. The summed E-state index contributed by atoms with van der Waals surface area (Å²) in [5.74, 6) is 1.32. The zero-order chi connectivity index (χ0) is 19.4. The summed E-state index contributed by atoms with van der Waals surface area (Å²) in [5.41, 5.74) is 2.24. The third kappa shape index (κ3) is 4.94. The minimum atomic E-state index is -0.815. The highest BCUT2D eigenvalue weighted by molar-refractivity contribution is 5.68. The van der Waals surface area contributed by atoms with Crippen LogP contribution in [-0.2, 0) is 10.2 Å². The van der Waals surface area contributed by atoms with Gasteiger partial charge in [0.25, 0.3) is 0 Å². The van der Waals surface area contributed by atoms with Crippen molar-refractivity contribution < 1.29 is 24.1 Å². The maximum Gasteiger partial charge on any atom is 0.304 e. The standard InChI is InChI=1S/C22H26O5/c1-22(2,3)16-5-4-6-17(12-16)25-9-10-26-18-7-8-19-15(11-21(23)24)14-27-20(19)13-18/h4-8,12-13,15H,9-11,14H2,1-3H3,(H,23,24). The number of hydrogen-bond acceptors (Lipinski definition) is 4. The molecule has 0 bridgehead atoms. The predicted octanol–water partition coefficient (Wildman–Crippen LogP) is 4.39. The Bertz CT molecular complexity index is 807. The van der Waals surface area contributed by atoms with E-state index in [0.717, 1.165) is 11.3 Å². The summed E-state index contributed by atoms with van der Waals surface area (Å²) in [6.07, 6.45) is 0.0780. The van der Waals surface area contributed by atoms with Crippen molar-refractivity contribution in [3.63, 3.8) is 0 Å². The van der Waals surface area contributed by atoms with Crippen LogP contribution in [0, 0.1) is 0 Å². The number of aliphatic carboxylic acids is 1. The molecule has 0 spiro atoms.